The van der Waals surface area contributed by atoms with Crippen molar-refractivity contribution in [3.8, 4) is 0 Å². The molecule has 0 aliphatic rings. The monoisotopic (exact) mass is 210 g/mol. The van der Waals surface area contributed by atoms with E-state index >= 15 is 0 Å². The van der Waals surface area contributed by atoms with E-state index in [-0.39, 0.29) is 16.4 Å². The van der Waals surface area contributed by atoms with Gasteiger partial charge >= 0.3 is 5.66 Å². The number of halogens is 3. The quantitative estimate of drug-likeness (QED) is 0.525. The Hall–Kier alpha value is -0.340. The summed E-state index contributed by atoms with van der Waals surface area (Å²) in [4.78, 5) is 7.01. The summed E-state index contributed by atoms with van der Waals surface area (Å²) < 4.78 is 25.4. The first-order chi connectivity index (χ1) is 5.43. The standard InChI is InChI=1S/C6H6ClF2N2P/c1-3-4(6(8,9)12)10-2-11-5(3)7/h2H,12H2,1H3. The normalized spacial score (nSPS) is 11.8. The molecule has 1 aromatic heterocycles. The molecule has 1 heterocycles. The van der Waals surface area contributed by atoms with E-state index in [9.17, 15) is 8.78 Å². The molecule has 0 amide bonds. The van der Waals surface area contributed by atoms with Crippen LogP contribution in [0, 0.1) is 6.92 Å². The van der Waals surface area contributed by atoms with Gasteiger partial charge in [-0.25, -0.2) is 9.97 Å². The van der Waals surface area contributed by atoms with Gasteiger partial charge in [-0.15, -0.1) is 0 Å². The lowest BCUT2D eigenvalue weighted by molar-refractivity contribution is 0.0976. The van der Waals surface area contributed by atoms with Gasteiger partial charge in [0.25, 0.3) is 0 Å². The average molecular weight is 211 g/mol. The molecule has 1 unspecified atom stereocenters. The molecule has 0 radical (unpaired) electrons. The van der Waals surface area contributed by atoms with Crippen molar-refractivity contribution in [2.24, 2.45) is 0 Å². The van der Waals surface area contributed by atoms with Gasteiger partial charge in [0, 0.05) is 5.56 Å². The smallest absolute Gasteiger partial charge is 0.234 e. The molecule has 0 N–H and O–H groups in total. The second-order valence-corrected chi connectivity index (χ2v) is 3.34. The van der Waals surface area contributed by atoms with Gasteiger partial charge in [-0.1, -0.05) is 20.8 Å². The molecule has 0 spiro atoms. The van der Waals surface area contributed by atoms with E-state index in [1.165, 1.54) is 16.2 Å². The van der Waals surface area contributed by atoms with Crippen LogP contribution < -0.4 is 0 Å². The lowest BCUT2D eigenvalue weighted by Crippen LogP contribution is -2.09. The highest BCUT2D eigenvalue weighted by Gasteiger charge is 2.29. The van der Waals surface area contributed by atoms with Crippen LogP contribution in [0.2, 0.25) is 5.15 Å². The van der Waals surface area contributed by atoms with Crippen LogP contribution in [0.3, 0.4) is 0 Å². The van der Waals surface area contributed by atoms with E-state index in [1.807, 2.05) is 0 Å². The first-order valence-corrected chi connectivity index (χ1v) is 4.02. The number of nitrogens with zero attached hydrogens (tertiary/aromatic N) is 2. The maximum Gasteiger partial charge on any atom is 0.300 e. The first-order valence-electron chi connectivity index (χ1n) is 3.07. The van der Waals surface area contributed by atoms with Gasteiger partial charge in [-0.3, -0.25) is 0 Å². The fraction of sp³-hybridized carbons (Fsp3) is 0.333. The lowest BCUT2D eigenvalue weighted by Gasteiger charge is -2.11. The van der Waals surface area contributed by atoms with Crippen molar-refractivity contribution in [1.82, 2.24) is 9.97 Å². The fourth-order valence-electron chi connectivity index (χ4n) is 0.765. The van der Waals surface area contributed by atoms with E-state index in [1.54, 1.807) is 0 Å². The van der Waals surface area contributed by atoms with Crippen LogP contribution in [0.15, 0.2) is 6.33 Å². The van der Waals surface area contributed by atoms with Gasteiger partial charge in [0.2, 0.25) is 0 Å². The van der Waals surface area contributed by atoms with Gasteiger partial charge in [0.05, 0.1) is 0 Å². The summed E-state index contributed by atoms with van der Waals surface area (Å²) in [6.07, 6.45) is 1.02. The van der Waals surface area contributed by atoms with Crippen LogP contribution in [-0.2, 0) is 5.66 Å². The van der Waals surface area contributed by atoms with Crippen molar-refractivity contribution in [2.45, 2.75) is 12.6 Å². The Morgan fingerprint density at radius 2 is 2.08 bits per heavy atom. The zero-order chi connectivity index (χ0) is 9.35. The molecule has 0 aromatic carbocycles. The third-order valence-electron chi connectivity index (χ3n) is 1.34. The molecule has 12 heavy (non-hydrogen) atoms. The average Bonchev–Trinajstić information content (AvgIpc) is 1.92. The van der Waals surface area contributed by atoms with Gasteiger partial charge in [0.15, 0.2) is 0 Å². The Morgan fingerprint density at radius 1 is 1.50 bits per heavy atom. The molecule has 0 aliphatic carbocycles. The van der Waals surface area contributed by atoms with Crippen molar-refractivity contribution in [2.75, 3.05) is 0 Å². The lowest BCUT2D eigenvalue weighted by atomic mass is 10.2. The second-order valence-electron chi connectivity index (χ2n) is 2.26. The summed E-state index contributed by atoms with van der Waals surface area (Å²) in [7, 11) is 1.40. The zero-order valence-corrected chi connectivity index (χ0v) is 8.09. The van der Waals surface area contributed by atoms with Crippen LogP contribution in [0.4, 0.5) is 8.78 Å². The Balaban J connectivity index is 3.26. The minimum atomic E-state index is -3.04. The van der Waals surface area contributed by atoms with E-state index in [2.05, 4.69) is 9.97 Å². The molecule has 0 saturated carbocycles. The fourth-order valence-corrected chi connectivity index (χ4v) is 1.19. The predicted octanol–water partition coefficient (Wildman–Crippen LogP) is 2.36. The van der Waals surface area contributed by atoms with Crippen LogP contribution in [0.25, 0.3) is 0 Å². The summed E-state index contributed by atoms with van der Waals surface area (Å²) in [6.45, 7) is 1.45. The Morgan fingerprint density at radius 3 is 2.50 bits per heavy atom. The highest BCUT2D eigenvalue weighted by molar-refractivity contribution is 7.17. The maximum atomic E-state index is 12.7. The molecule has 1 atom stereocenters. The second kappa shape index (κ2) is 3.19. The Bertz CT molecular complexity index is 300. The Kier molecular flexibility index (Phi) is 2.59. The van der Waals surface area contributed by atoms with Crippen LogP contribution >= 0.6 is 20.8 Å². The van der Waals surface area contributed by atoms with Crippen LogP contribution in [-0.4, -0.2) is 9.97 Å². The summed E-state index contributed by atoms with van der Waals surface area (Å²) >= 11 is 5.53. The summed E-state index contributed by atoms with van der Waals surface area (Å²) in [5.74, 6) is 0. The largest absolute Gasteiger partial charge is 0.300 e. The van der Waals surface area contributed by atoms with E-state index in [4.69, 9.17) is 11.6 Å². The van der Waals surface area contributed by atoms with E-state index in [0.29, 0.717) is 0 Å². The van der Waals surface area contributed by atoms with E-state index < -0.39 is 5.66 Å². The van der Waals surface area contributed by atoms with Crippen molar-refractivity contribution >= 4 is 20.8 Å². The van der Waals surface area contributed by atoms with Crippen molar-refractivity contribution in [3.63, 3.8) is 0 Å². The van der Waals surface area contributed by atoms with E-state index in [0.717, 1.165) is 6.33 Å². The third kappa shape index (κ3) is 1.87. The molecule has 1 aromatic rings. The van der Waals surface area contributed by atoms with Crippen LogP contribution in [0.5, 0.6) is 0 Å². The SMILES string of the molecule is Cc1c(Cl)ncnc1C(F)(F)P. The summed E-state index contributed by atoms with van der Waals surface area (Å²) in [6, 6.07) is 0. The zero-order valence-electron chi connectivity index (χ0n) is 6.18. The molecular weight excluding hydrogens is 205 g/mol. The number of rotatable bonds is 1. The third-order valence-corrected chi connectivity index (χ3v) is 1.99. The molecule has 6 heteroatoms. The van der Waals surface area contributed by atoms with Gasteiger partial charge in [-0.05, 0) is 6.92 Å². The number of hydrogen-bond acceptors (Lipinski definition) is 2. The van der Waals surface area contributed by atoms with Crippen molar-refractivity contribution < 1.29 is 8.78 Å². The minimum Gasteiger partial charge on any atom is -0.234 e. The molecule has 0 saturated heterocycles. The van der Waals surface area contributed by atoms with Crippen LogP contribution in [0.1, 0.15) is 11.3 Å². The minimum absolute atomic E-state index is 0.0575. The molecule has 1 rings (SSSR count). The highest BCUT2D eigenvalue weighted by Crippen LogP contribution is 2.36. The number of hydrogen-bond donors (Lipinski definition) is 0. The Labute approximate surface area is 75.6 Å². The van der Waals surface area contributed by atoms with Crippen molar-refractivity contribution in [1.29, 1.82) is 0 Å². The van der Waals surface area contributed by atoms with Crippen molar-refractivity contribution in [3.05, 3.63) is 22.7 Å². The number of aromatic nitrogens is 2. The molecule has 0 aliphatic heterocycles. The number of alkyl halides is 2. The highest BCUT2D eigenvalue weighted by atomic mass is 35.5. The molecular formula is C6H6ClF2N2P. The topological polar surface area (TPSA) is 25.8 Å². The molecule has 2 nitrogen and oxygen atoms in total. The van der Waals surface area contributed by atoms with Gasteiger partial charge in [0.1, 0.15) is 17.2 Å². The first kappa shape index (κ1) is 9.75. The summed E-state index contributed by atoms with van der Waals surface area (Å²) in [5.41, 5.74) is -3.19. The molecule has 66 valence electrons. The maximum absolute atomic E-state index is 12.7. The van der Waals surface area contributed by atoms with Gasteiger partial charge < -0.3 is 0 Å². The molecule has 0 bridgehead atoms. The predicted molar refractivity (Wildman–Crippen MR) is 45.4 cm³/mol. The summed E-state index contributed by atoms with van der Waals surface area (Å²) in [5, 5.41) is 0.0575. The van der Waals surface area contributed by atoms with Gasteiger partial charge in [-0.2, -0.15) is 8.78 Å². The molecule has 0 fully saturated rings.